The quantitative estimate of drug-likeness (QED) is 0.115. The normalized spacial score (nSPS) is 26.3. The predicted octanol–water partition coefficient (Wildman–Crippen LogP) is 0.595. The molecule has 2 aliphatic heterocycles. The first kappa shape index (κ1) is 33.0. The maximum atomic E-state index is 12.9. The minimum Gasteiger partial charge on any atom is -0.598 e. The number of fused-ring (bicyclic) bond motifs is 2. The molecule has 4 aromatic heterocycles. The van der Waals surface area contributed by atoms with Crippen molar-refractivity contribution in [1.29, 1.82) is 0 Å². The van der Waals surface area contributed by atoms with Gasteiger partial charge in [-0.2, -0.15) is 0 Å². The van der Waals surface area contributed by atoms with Crippen molar-refractivity contribution in [2.45, 2.75) is 49.7 Å². The number of anilines is 2. The zero-order chi connectivity index (χ0) is 32.2. The largest absolute Gasteiger partial charge is 0.598 e. The zero-order valence-corrected chi connectivity index (χ0v) is 27.1. The number of nitrogen functional groups attached to an aromatic ring is 2. The first-order valence-corrected chi connectivity index (χ1v) is 16.8. The maximum absolute atomic E-state index is 12.9. The van der Waals surface area contributed by atoms with Gasteiger partial charge in [0.25, 0.3) is 0 Å². The van der Waals surface area contributed by atoms with Gasteiger partial charge in [0.2, 0.25) is 0 Å². The van der Waals surface area contributed by atoms with Crippen LogP contribution in [0.1, 0.15) is 25.3 Å². The SMILES string of the molecule is COCC[S+]([O-])NP(OCC1OC(n2cnc3c(N)ncnc32)CC1OC)OC1CC(n2cnc3c(N)ncnc32)OC1COC. The van der Waals surface area contributed by atoms with Gasteiger partial charge in [0.05, 0.1) is 44.7 Å². The van der Waals surface area contributed by atoms with Crippen molar-refractivity contribution in [2.24, 2.45) is 0 Å². The van der Waals surface area contributed by atoms with E-state index in [4.69, 9.17) is 44.2 Å². The second-order valence-electron chi connectivity index (χ2n) is 10.5. The molecule has 21 heteroatoms. The molecule has 6 heterocycles. The molecule has 6 rings (SSSR count). The van der Waals surface area contributed by atoms with Crippen LogP contribution in [0.4, 0.5) is 11.6 Å². The number of methoxy groups -OCH3 is 3. The first-order chi connectivity index (χ1) is 22.4. The van der Waals surface area contributed by atoms with Gasteiger partial charge >= 0.3 is 8.53 Å². The molecular weight excluding hydrogens is 645 g/mol. The summed E-state index contributed by atoms with van der Waals surface area (Å²) in [5.74, 6) is 0.785. The van der Waals surface area contributed by atoms with E-state index in [1.54, 1.807) is 43.1 Å². The molecule has 8 unspecified atom stereocenters. The highest BCUT2D eigenvalue weighted by atomic mass is 32.2. The number of hydrogen-bond acceptors (Lipinski definition) is 17. The van der Waals surface area contributed by atoms with Crippen LogP contribution in [0.25, 0.3) is 22.3 Å². The van der Waals surface area contributed by atoms with Crippen LogP contribution in [0, 0.1) is 0 Å². The molecule has 2 saturated heterocycles. The molecule has 4 aromatic rings. The smallest absolute Gasteiger partial charge is 0.301 e. The highest BCUT2D eigenvalue weighted by Crippen LogP contribution is 2.44. The number of ether oxygens (including phenoxy) is 5. The van der Waals surface area contributed by atoms with Crippen LogP contribution in [0.2, 0.25) is 0 Å². The summed E-state index contributed by atoms with van der Waals surface area (Å²) in [5, 5.41) is 0. The highest BCUT2D eigenvalue weighted by molar-refractivity contribution is 7.94. The Morgan fingerprint density at radius 2 is 1.46 bits per heavy atom. The summed E-state index contributed by atoms with van der Waals surface area (Å²) in [6.45, 7) is 0.606. The molecule has 19 nitrogen and oxygen atoms in total. The summed E-state index contributed by atoms with van der Waals surface area (Å²) in [4.78, 5) is 25.4. The van der Waals surface area contributed by atoms with Gasteiger partial charge in [0.15, 0.2) is 22.9 Å². The fraction of sp³-hybridized carbons (Fsp3) is 0.600. The number of nitrogens with zero attached hydrogens (tertiary/aromatic N) is 8. The van der Waals surface area contributed by atoms with Gasteiger partial charge in [-0.05, 0) is 0 Å². The van der Waals surface area contributed by atoms with Gasteiger partial charge in [0.1, 0.15) is 54.1 Å². The van der Waals surface area contributed by atoms with E-state index in [1.165, 1.54) is 12.7 Å². The van der Waals surface area contributed by atoms with E-state index >= 15 is 0 Å². The standard InChI is InChI=1S/C25H36N11O8PS/c1-38-4-5-46(37)34-45(41-9-17-14(40-3)6-18(43-17)35-12-32-20-22(26)28-10-30-24(20)35)44-15-7-19(42-16(15)8-39-2)36-13-33-21-23(27)29-11-31-25(21)36/h10-19,34H,4-9H2,1-3H3,(H2,26,28,30)(H2,27,29,31). The van der Waals surface area contributed by atoms with E-state index in [9.17, 15) is 4.55 Å². The summed E-state index contributed by atoms with van der Waals surface area (Å²) >= 11 is -1.51. The number of hydrogen-bond donors (Lipinski definition) is 3. The Balaban J connectivity index is 1.16. The van der Waals surface area contributed by atoms with Crippen LogP contribution in [0.3, 0.4) is 0 Å². The molecule has 0 amide bonds. The van der Waals surface area contributed by atoms with Crippen LogP contribution >= 0.6 is 8.53 Å². The summed E-state index contributed by atoms with van der Waals surface area (Å²) in [6.07, 6.45) is 4.18. The van der Waals surface area contributed by atoms with E-state index in [0.29, 0.717) is 35.2 Å². The molecular formula is C25H36N11O8PS. The summed E-state index contributed by atoms with van der Waals surface area (Å²) in [7, 11) is 2.81. The topological polar surface area (TPSA) is 239 Å². The Kier molecular flexibility index (Phi) is 10.7. The lowest BCUT2D eigenvalue weighted by Gasteiger charge is -2.26. The fourth-order valence-electron chi connectivity index (χ4n) is 5.36. The van der Waals surface area contributed by atoms with Crippen molar-refractivity contribution < 1.29 is 37.3 Å². The minimum atomic E-state index is -1.92. The van der Waals surface area contributed by atoms with E-state index in [2.05, 4.69) is 34.4 Å². The molecule has 2 aliphatic rings. The number of imidazole rings is 2. The number of aromatic nitrogens is 8. The third-order valence-corrected chi connectivity index (χ3v) is 10.4. The average Bonchev–Trinajstić information content (AvgIpc) is 3.84. The van der Waals surface area contributed by atoms with E-state index in [1.807, 2.05) is 0 Å². The van der Waals surface area contributed by atoms with Gasteiger partial charge < -0.3 is 48.8 Å². The van der Waals surface area contributed by atoms with Crippen molar-refractivity contribution in [3.8, 4) is 0 Å². The Morgan fingerprint density at radius 3 is 2.02 bits per heavy atom. The molecule has 0 spiro atoms. The molecule has 8 atom stereocenters. The predicted molar refractivity (Wildman–Crippen MR) is 165 cm³/mol. The van der Waals surface area contributed by atoms with Crippen molar-refractivity contribution in [1.82, 2.24) is 43.5 Å². The summed E-state index contributed by atoms with van der Waals surface area (Å²) in [5.41, 5.74) is 14.0. The fourth-order valence-corrected chi connectivity index (χ4v) is 7.90. The molecule has 2 fully saturated rings. The lowest BCUT2D eigenvalue weighted by molar-refractivity contribution is -0.0553. The van der Waals surface area contributed by atoms with Gasteiger partial charge in [-0.3, -0.25) is 9.13 Å². The van der Waals surface area contributed by atoms with E-state index < -0.39 is 50.7 Å². The Bertz CT molecular complexity index is 1600. The molecule has 46 heavy (non-hydrogen) atoms. The number of nitrogens with two attached hydrogens (primary N) is 2. The molecule has 0 saturated carbocycles. The molecule has 0 aliphatic carbocycles. The first-order valence-electron chi connectivity index (χ1n) is 14.3. The van der Waals surface area contributed by atoms with Crippen LogP contribution in [0.5, 0.6) is 0 Å². The second-order valence-corrected chi connectivity index (χ2v) is 13.3. The summed E-state index contributed by atoms with van der Waals surface area (Å²) < 4.78 is 61.1. The lowest BCUT2D eigenvalue weighted by Crippen LogP contribution is -2.33. The van der Waals surface area contributed by atoms with E-state index in [-0.39, 0.29) is 43.3 Å². The van der Waals surface area contributed by atoms with Gasteiger partial charge in [0, 0.05) is 45.5 Å². The van der Waals surface area contributed by atoms with Crippen molar-refractivity contribution in [3.63, 3.8) is 0 Å². The molecule has 0 aromatic carbocycles. The number of rotatable bonds is 15. The number of nitrogens with one attached hydrogen (secondary N) is 1. The summed E-state index contributed by atoms with van der Waals surface area (Å²) in [6, 6.07) is 0. The molecule has 0 radical (unpaired) electrons. The zero-order valence-electron chi connectivity index (χ0n) is 25.4. The lowest BCUT2D eigenvalue weighted by atomic mass is 10.2. The second kappa shape index (κ2) is 14.9. The van der Waals surface area contributed by atoms with Crippen molar-refractivity contribution >= 4 is 53.9 Å². The highest BCUT2D eigenvalue weighted by Gasteiger charge is 2.42. The molecule has 250 valence electrons. The van der Waals surface area contributed by atoms with Crippen LogP contribution in [0.15, 0.2) is 25.3 Å². The minimum absolute atomic E-state index is 0.0766. The third kappa shape index (κ3) is 7.02. The Hall–Kier alpha value is -2.88. The van der Waals surface area contributed by atoms with Gasteiger partial charge in [-0.1, -0.05) is 4.49 Å². The van der Waals surface area contributed by atoms with Gasteiger partial charge in [-0.15, -0.1) is 0 Å². The molecule has 0 bridgehead atoms. The van der Waals surface area contributed by atoms with Crippen molar-refractivity contribution in [3.05, 3.63) is 25.3 Å². The van der Waals surface area contributed by atoms with E-state index in [0.717, 1.165) is 0 Å². The maximum Gasteiger partial charge on any atom is 0.301 e. The van der Waals surface area contributed by atoms with Gasteiger partial charge in [-0.25, -0.2) is 29.9 Å². The third-order valence-electron chi connectivity index (χ3n) is 7.63. The van der Waals surface area contributed by atoms with Crippen molar-refractivity contribution in [2.75, 3.05) is 58.4 Å². The molecule has 5 N–H and O–H groups in total. The monoisotopic (exact) mass is 681 g/mol. The average molecular weight is 682 g/mol. The van der Waals surface area contributed by atoms with Crippen LogP contribution in [-0.2, 0) is 44.1 Å². The Labute approximate surface area is 267 Å². The van der Waals surface area contributed by atoms with Crippen LogP contribution < -0.4 is 16.0 Å². The Morgan fingerprint density at radius 1 is 0.870 bits per heavy atom. The van der Waals surface area contributed by atoms with Crippen LogP contribution in [-0.4, -0.2) is 115 Å².